The van der Waals surface area contributed by atoms with Gasteiger partial charge in [0.05, 0.1) is 14.8 Å². The van der Waals surface area contributed by atoms with Crippen LogP contribution in [0.3, 0.4) is 0 Å². The van der Waals surface area contributed by atoms with Gasteiger partial charge < -0.3 is 4.90 Å². The quantitative estimate of drug-likeness (QED) is 0.461. The molecule has 0 bridgehead atoms. The third-order valence-corrected chi connectivity index (χ3v) is 3.25. The lowest BCUT2D eigenvalue weighted by molar-refractivity contribution is -0.605. The van der Waals surface area contributed by atoms with E-state index in [0.717, 1.165) is 5.69 Å². The molecule has 0 aliphatic carbocycles. The molecule has 0 radical (unpaired) electrons. The van der Waals surface area contributed by atoms with Crippen molar-refractivity contribution in [2.45, 2.75) is 0 Å². The predicted octanol–water partition coefficient (Wildman–Crippen LogP) is 1.75. The van der Waals surface area contributed by atoms with Crippen molar-refractivity contribution in [3.8, 4) is 5.69 Å². The molecular weight excluding hydrogens is 322 g/mol. The van der Waals surface area contributed by atoms with Gasteiger partial charge in [-0.1, -0.05) is 0 Å². The summed E-state index contributed by atoms with van der Waals surface area (Å²) in [5, 5.41) is 33.4. The summed E-state index contributed by atoms with van der Waals surface area (Å²) in [7, 11) is 3.58. The van der Waals surface area contributed by atoms with Crippen molar-refractivity contribution in [3.05, 3.63) is 67.0 Å². The van der Waals surface area contributed by atoms with Gasteiger partial charge in [0.25, 0.3) is 5.69 Å². The molecule has 2 aromatic rings. The normalized spacial score (nSPS) is 10.2. The minimum atomic E-state index is -0.913. The van der Waals surface area contributed by atoms with E-state index in [1.54, 1.807) is 31.1 Å². The molecule has 11 nitrogen and oxygen atoms in total. The van der Waals surface area contributed by atoms with Gasteiger partial charge in [-0.15, -0.1) is 0 Å². The summed E-state index contributed by atoms with van der Waals surface area (Å²) < 4.78 is 1.19. The number of nitrogens with zero attached hydrogens (tertiary/aromatic N) is 5. The van der Waals surface area contributed by atoms with E-state index in [1.807, 2.05) is 0 Å². The molecular formula is C13H12N5O6+. The highest BCUT2D eigenvalue weighted by molar-refractivity contribution is 5.66. The summed E-state index contributed by atoms with van der Waals surface area (Å²) in [6.45, 7) is 0. The molecule has 0 spiro atoms. The summed E-state index contributed by atoms with van der Waals surface area (Å²) in [6, 6.07) is 4.62. The molecule has 2 rings (SSSR count). The van der Waals surface area contributed by atoms with Crippen molar-refractivity contribution in [2.75, 3.05) is 19.0 Å². The Kier molecular flexibility index (Phi) is 4.35. The maximum Gasteiger partial charge on any atom is 0.367 e. The van der Waals surface area contributed by atoms with Crippen LogP contribution in [0.4, 0.5) is 22.7 Å². The number of non-ortho nitro benzene ring substituents is 1. The van der Waals surface area contributed by atoms with E-state index in [4.69, 9.17) is 0 Å². The second-order valence-corrected chi connectivity index (χ2v) is 4.96. The number of benzene rings is 1. The number of hydrogen-bond donors (Lipinski definition) is 0. The van der Waals surface area contributed by atoms with Crippen molar-refractivity contribution >= 4 is 22.7 Å². The van der Waals surface area contributed by atoms with Gasteiger partial charge >= 0.3 is 17.1 Å². The van der Waals surface area contributed by atoms with Crippen molar-refractivity contribution in [3.63, 3.8) is 0 Å². The Morgan fingerprint density at radius 2 is 1.33 bits per heavy atom. The van der Waals surface area contributed by atoms with E-state index in [1.165, 1.54) is 17.0 Å². The number of hydrogen-bond acceptors (Lipinski definition) is 7. The maximum atomic E-state index is 11.3. The first kappa shape index (κ1) is 16.7. The largest absolute Gasteiger partial charge is 0.377 e. The summed E-state index contributed by atoms with van der Waals surface area (Å²) in [4.78, 5) is 32.5. The Morgan fingerprint density at radius 1 is 0.875 bits per heavy atom. The molecule has 124 valence electrons. The Morgan fingerprint density at radius 3 is 1.67 bits per heavy atom. The number of nitro groups is 3. The van der Waals surface area contributed by atoms with Crippen LogP contribution >= 0.6 is 0 Å². The zero-order chi connectivity index (χ0) is 18.0. The van der Waals surface area contributed by atoms with Crippen LogP contribution in [0.15, 0.2) is 36.7 Å². The minimum absolute atomic E-state index is 0.346. The first-order valence-corrected chi connectivity index (χ1v) is 6.52. The fourth-order valence-electron chi connectivity index (χ4n) is 2.10. The summed E-state index contributed by atoms with van der Waals surface area (Å²) in [5.74, 6) is 0. The third kappa shape index (κ3) is 3.09. The number of anilines is 1. The average molecular weight is 334 g/mol. The molecule has 0 saturated carbocycles. The van der Waals surface area contributed by atoms with Gasteiger partial charge in [-0.25, -0.2) is 0 Å². The fraction of sp³-hybridized carbons (Fsp3) is 0.154. The SMILES string of the molecule is CN(C)c1cc[n+](-c2c([N+](=O)[O-])cc([N+](=O)[O-])cc2[N+](=O)[O-])cc1. The second kappa shape index (κ2) is 6.24. The predicted molar refractivity (Wildman–Crippen MR) is 82.3 cm³/mol. The van der Waals surface area contributed by atoms with Gasteiger partial charge in [0.15, 0.2) is 12.4 Å². The van der Waals surface area contributed by atoms with E-state index in [9.17, 15) is 30.3 Å². The van der Waals surface area contributed by atoms with Gasteiger partial charge in [-0.2, -0.15) is 4.57 Å². The highest BCUT2D eigenvalue weighted by Crippen LogP contribution is 2.33. The lowest BCUT2D eigenvalue weighted by atomic mass is 10.2. The fourth-order valence-corrected chi connectivity index (χ4v) is 2.10. The average Bonchev–Trinajstić information content (AvgIpc) is 2.53. The maximum absolute atomic E-state index is 11.3. The zero-order valence-corrected chi connectivity index (χ0v) is 12.6. The third-order valence-electron chi connectivity index (χ3n) is 3.25. The second-order valence-electron chi connectivity index (χ2n) is 4.96. The smallest absolute Gasteiger partial charge is 0.367 e. The summed E-state index contributed by atoms with van der Waals surface area (Å²) >= 11 is 0. The molecule has 24 heavy (non-hydrogen) atoms. The van der Waals surface area contributed by atoms with Crippen molar-refractivity contribution in [1.29, 1.82) is 0 Å². The van der Waals surface area contributed by atoms with Crippen LogP contribution in [0, 0.1) is 30.3 Å². The molecule has 0 aliphatic heterocycles. The first-order valence-electron chi connectivity index (χ1n) is 6.52. The van der Waals surface area contributed by atoms with Crippen molar-refractivity contribution in [1.82, 2.24) is 0 Å². The molecule has 1 heterocycles. The van der Waals surface area contributed by atoms with Crippen molar-refractivity contribution < 1.29 is 19.3 Å². The van der Waals surface area contributed by atoms with E-state index in [2.05, 4.69) is 0 Å². The summed E-state index contributed by atoms with van der Waals surface area (Å²) in [6.07, 6.45) is 2.83. The van der Waals surface area contributed by atoms with Crippen LogP contribution in [0.1, 0.15) is 0 Å². The number of nitro benzene ring substituents is 3. The van der Waals surface area contributed by atoms with E-state index < -0.39 is 31.8 Å². The van der Waals surface area contributed by atoms with Crippen LogP contribution in [0.5, 0.6) is 0 Å². The lowest BCUT2D eigenvalue weighted by Crippen LogP contribution is -2.32. The van der Waals surface area contributed by atoms with Crippen LogP contribution in [-0.4, -0.2) is 28.9 Å². The topological polar surface area (TPSA) is 137 Å². The highest BCUT2D eigenvalue weighted by Gasteiger charge is 2.37. The van der Waals surface area contributed by atoms with E-state index in [0.29, 0.717) is 12.1 Å². The van der Waals surface area contributed by atoms with Gasteiger partial charge in [0.2, 0.25) is 0 Å². The monoisotopic (exact) mass is 334 g/mol. The highest BCUT2D eigenvalue weighted by atomic mass is 16.6. The van der Waals surface area contributed by atoms with E-state index in [-0.39, 0.29) is 5.69 Å². The first-order chi connectivity index (χ1) is 11.2. The number of rotatable bonds is 5. The minimum Gasteiger partial charge on any atom is -0.377 e. The van der Waals surface area contributed by atoms with Crippen LogP contribution in [0.25, 0.3) is 5.69 Å². The molecule has 0 fully saturated rings. The van der Waals surface area contributed by atoms with Gasteiger partial charge in [0.1, 0.15) is 12.1 Å². The lowest BCUT2D eigenvalue weighted by Gasteiger charge is -2.10. The molecule has 0 atom stereocenters. The van der Waals surface area contributed by atoms with Gasteiger partial charge in [-0.05, 0) is 0 Å². The van der Waals surface area contributed by atoms with Crippen LogP contribution in [-0.2, 0) is 0 Å². The number of aromatic nitrogens is 1. The van der Waals surface area contributed by atoms with Crippen LogP contribution in [0.2, 0.25) is 0 Å². The zero-order valence-electron chi connectivity index (χ0n) is 12.6. The number of pyridine rings is 1. The molecule has 0 N–H and O–H groups in total. The molecule has 0 unspecified atom stereocenters. The molecule has 1 aromatic carbocycles. The summed E-state index contributed by atoms with van der Waals surface area (Å²) in [5.41, 5.74) is -1.74. The standard InChI is InChI=1S/C13H12N5O6/c1-14(2)9-3-5-15(6-4-9)13-11(17(21)22)7-10(16(19)20)8-12(13)18(23)24/h3-8H,1-2H3/q+1. The Bertz CT molecular complexity index is 798. The molecule has 0 amide bonds. The Balaban J connectivity index is 2.77. The molecule has 11 heteroatoms. The molecule has 1 aromatic heterocycles. The van der Waals surface area contributed by atoms with E-state index >= 15 is 0 Å². The van der Waals surface area contributed by atoms with Crippen LogP contribution < -0.4 is 9.47 Å². The van der Waals surface area contributed by atoms with Crippen molar-refractivity contribution in [2.24, 2.45) is 0 Å². The molecule has 0 aliphatic rings. The Labute approximate surface area is 134 Å². The molecule has 0 saturated heterocycles. The van der Waals surface area contributed by atoms with Gasteiger partial charge in [0, 0.05) is 31.9 Å². The Hall–Kier alpha value is -3.63. The van der Waals surface area contributed by atoms with Gasteiger partial charge in [-0.3, -0.25) is 30.3 Å².